The second kappa shape index (κ2) is 2.90. The quantitative estimate of drug-likeness (QED) is 0.561. The molecule has 0 unspecified atom stereocenters. The number of anilines is 1. The minimum Gasteiger partial charge on any atom is -0.477 e. The Morgan fingerprint density at radius 1 is 1.75 bits per heavy atom. The van der Waals surface area contributed by atoms with Gasteiger partial charge in [0.15, 0.2) is 0 Å². The number of rotatable bonds is 1. The van der Waals surface area contributed by atoms with Gasteiger partial charge in [0.05, 0.1) is 0 Å². The molecule has 12 heavy (non-hydrogen) atoms. The lowest BCUT2D eigenvalue weighted by Gasteiger charge is -2.00. The van der Waals surface area contributed by atoms with Gasteiger partial charge in [0.25, 0.3) is 0 Å². The van der Waals surface area contributed by atoms with E-state index in [4.69, 9.17) is 23.1 Å². The Morgan fingerprint density at radius 2 is 2.33 bits per heavy atom. The molecule has 1 aromatic rings. The summed E-state index contributed by atoms with van der Waals surface area (Å²) in [6.45, 7) is 1.65. The van der Waals surface area contributed by atoms with Crippen molar-refractivity contribution in [3.8, 4) is 0 Å². The molecule has 1 rings (SSSR count). The summed E-state index contributed by atoms with van der Waals surface area (Å²) < 4.78 is 0.104. The number of aryl methyl sites for hydroxylation is 1. The SMILES string of the molecule is Cc1nc(N)c(C(=O)O)c(=S)[nH]1. The van der Waals surface area contributed by atoms with Gasteiger partial charge in [-0.2, -0.15) is 0 Å². The summed E-state index contributed by atoms with van der Waals surface area (Å²) >= 11 is 4.75. The van der Waals surface area contributed by atoms with Crippen LogP contribution in [0.1, 0.15) is 16.2 Å². The molecule has 0 saturated carbocycles. The van der Waals surface area contributed by atoms with Crippen LogP contribution in [0.4, 0.5) is 5.82 Å². The first-order valence-electron chi connectivity index (χ1n) is 3.12. The lowest BCUT2D eigenvalue weighted by Crippen LogP contribution is -2.08. The van der Waals surface area contributed by atoms with E-state index in [1.54, 1.807) is 6.92 Å². The van der Waals surface area contributed by atoms with Crippen molar-refractivity contribution >= 4 is 24.0 Å². The van der Waals surface area contributed by atoms with Crippen LogP contribution in [0, 0.1) is 11.6 Å². The fraction of sp³-hybridized carbons (Fsp3) is 0.167. The number of nitrogens with zero attached hydrogens (tertiary/aromatic N) is 1. The highest BCUT2D eigenvalue weighted by Gasteiger charge is 2.11. The van der Waals surface area contributed by atoms with Crippen molar-refractivity contribution in [2.24, 2.45) is 0 Å². The van der Waals surface area contributed by atoms with Gasteiger partial charge in [0, 0.05) is 0 Å². The molecule has 0 aromatic carbocycles. The number of aromatic amines is 1. The molecule has 0 aliphatic carbocycles. The smallest absolute Gasteiger partial charge is 0.342 e. The molecule has 64 valence electrons. The van der Waals surface area contributed by atoms with Gasteiger partial charge in [-0.25, -0.2) is 9.78 Å². The Bertz CT molecular complexity index is 385. The molecular formula is C6H7N3O2S. The third-order valence-electron chi connectivity index (χ3n) is 1.28. The number of H-pyrrole nitrogens is 1. The molecule has 0 bridgehead atoms. The number of hydrogen-bond acceptors (Lipinski definition) is 4. The Morgan fingerprint density at radius 3 is 2.75 bits per heavy atom. The molecule has 0 aliphatic rings. The zero-order chi connectivity index (χ0) is 9.30. The maximum absolute atomic E-state index is 10.5. The van der Waals surface area contributed by atoms with Crippen LogP contribution >= 0.6 is 12.2 Å². The number of carboxylic acids is 1. The summed E-state index contributed by atoms with van der Waals surface area (Å²) in [5.41, 5.74) is 5.20. The summed E-state index contributed by atoms with van der Waals surface area (Å²) in [4.78, 5) is 16.9. The van der Waals surface area contributed by atoms with Crippen molar-refractivity contribution in [2.75, 3.05) is 5.73 Å². The van der Waals surface area contributed by atoms with Crippen molar-refractivity contribution in [2.45, 2.75) is 6.92 Å². The van der Waals surface area contributed by atoms with E-state index in [2.05, 4.69) is 9.97 Å². The van der Waals surface area contributed by atoms with Crippen LogP contribution in [0.25, 0.3) is 0 Å². The Labute approximate surface area is 73.3 Å². The van der Waals surface area contributed by atoms with Crippen molar-refractivity contribution in [1.82, 2.24) is 9.97 Å². The fourth-order valence-corrected chi connectivity index (χ4v) is 1.15. The van der Waals surface area contributed by atoms with Crippen LogP contribution in [-0.4, -0.2) is 21.0 Å². The molecule has 4 N–H and O–H groups in total. The van der Waals surface area contributed by atoms with Crippen molar-refractivity contribution in [3.05, 3.63) is 16.0 Å². The molecular weight excluding hydrogens is 178 g/mol. The van der Waals surface area contributed by atoms with Crippen molar-refractivity contribution in [1.29, 1.82) is 0 Å². The molecule has 0 atom stereocenters. The normalized spacial score (nSPS) is 9.75. The van der Waals surface area contributed by atoms with E-state index in [0.717, 1.165) is 0 Å². The van der Waals surface area contributed by atoms with Crippen LogP contribution in [0.15, 0.2) is 0 Å². The number of aromatic nitrogens is 2. The van der Waals surface area contributed by atoms with Gasteiger partial charge in [-0.3, -0.25) is 0 Å². The Hall–Kier alpha value is -1.43. The first-order chi connectivity index (χ1) is 5.52. The highest BCUT2D eigenvalue weighted by atomic mass is 32.1. The summed E-state index contributed by atoms with van der Waals surface area (Å²) in [5.74, 6) is -0.715. The third kappa shape index (κ3) is 1.42. The van der Waals surface area contributed by atoms with Crippen molar-refractivity contribution in [3.63, 3.8) is 0 Å². The lowest BCUT2D eigenvalue weighted by molar-refractivity contribution is 0.0696. The number of nitrogen functional groups attached to an aromatic ring is 1. The van der Waals surface area contributed by atoms with Gasteiger partial charge in [-0.15, -0.1) is 0 Å². The van der Waals surface area contributed by atoms with Crippen LogP contribution < -0.4 is 5.73 Å². The zero-order valence-corrected chi connectivity index (χ0v) is 7.10. The molecule has 0 radical (unpaired) electrons. The zero-order valence-electron chi connectivity index (χ0n) is 6.29. The maximum atomic E-state index is 10.5. The fourth-order valence-electron chi connectivity index (χ4n) is 0.814. The van der Waals surface area contributed by atoms with Gasteiger partial charge in [0.2, 0.25) is 0 Å². The summed E-state index contributed by atoms with van der Waals surface area (Å²) in [6, 6.07) is 0. The summed E-state index contributed by atoms with van der Waals surface area (Å²) in [7, 11) is 0. The minimum atomic E-state index is -1.17. The second-order valence-corrected chi connectivity index (χ2v) is 2.62. The third-order valence-corrected chi connectivity index (χ3v) is 1.59. The maximum Gasteiger partial charge on any atom is 0.342 e. The largest absolute Gasteiger partial charge is 0.477 e. The molecule has 0 fully saturated rings. The molecule has 0 aliphatic heterocycles. The monoisotopic (exact) mass is 185 g/mol. The van der Waals surface area contributed by atoms with E-state index in [1.165, 1.54) is 0 Å². The standard InChI is InChI=1S/C6H7N3O2S/c1-2-8-4(7)3(6(10)11)5(12)9-2/h1H3,(H,10,11)(H3,7,8,9,12). The first-order valence-corrected chi connectivity index (χ1v) is 3.53. The highest BCUT2D eigenvalue weighted by molar-refractivity contribution is 7.71. The van der Waals surface area contributed by atoms with Gasteiger partial charge in [-0.05, 0) is 6.92 Å². The van der Waals surface area contributed by atoms with E-state index in [0.29, 0.717) is 5.82 Å². The van der Waals surface area contributed by atoms with E-state index < -0.39 is 5.97 Å². The molecule has 0 amide bonds. The Kier molecular flexibility index (Phi) is 2.09. The predicted molar refractivity (Wildman–Crippen MR) is 45.5 cm³/mol. The summed E-state index contributed by atoms with van der Waals surface area (Å²) in [5, 5.41) is 8.63. The topological polar surface area (TPSA) is 92.0 Å². The second-order valence-electron chi connectivity index (χ2n) is 2.22. The summed E-state index contributed by atoms with van der Waals surface area (Å²) in [6.07, 6.45) is 0. The average Bonchev–Trinajstić information content (AvgIpc) is 1.82. The van der Waals surface area contributed by atoms with Gasteiger partial charge in [-0.1, -0.05) is 12.2 Å². The van der Waals surface area contributed by atoms with Gasteiger partial charge < -0.3 is 15.8 Å². The number of aromatic carboxylic acids is 1. The van der Waals surface area contributed by atoms with E-state index >= 15 is 0 Å². The minimum absolute atomic E-state index is 0.0521. The predicted octanol–water partition coefficient (Wildman–Crippen LogP) is 0.728. The number of carbonyl (C=O) groups is 1. The molecule has 1 aromatic heterocycles. The molecule has 5 nitrogen and oxygen atoms in total. The van der Waals surface area contributed by atoms with Crippen LogP contribution in [0.2, 0.25) is 0 Å². The van der Waals surface area contributed by atoms with E-state index in [-0.39, 0.29) is 16.0 Å². The first kappa shape index (κ1) is 8.66. The van der Waals surface area contributed by atoms with Gasteiger partial charge >= 0.3 is 5.97 Å². The number of hydrogen-bond donors (Lipinski definition) is 3. The molecule has 0 saturated heterocycles. The van der Waals surface area contributed by atoms with E-state index in [1.807, 2.05) is 0 Å². The van der Waals surface area contributed by atoms with Crippen LogP contribution in [-0.2, 0) is 0 Å². The van der Waals surface area contributed by atoms with Crippen molar-refractivity contribution < 1.29 is 9.90 Å². The van der Waals surface area contributed by atoms with E-state index in [9.17, 15) is 4.79 Å². The number of carboxylic acid groups (broad SMARTS) is 1. The lowest BCUT2D eigenvalue weighted by atomic mass is 10.3. The highest BCUT2D eigenvalue weighted by Crippen LogP contribution is 2.08. The number of nitrogens with two attached hydrogens (primary N) is 1. The Balaban J connectivity index is 3.49. The molecule has 1 heterocycles. The molecule has 0 spiro atoms. The van der Waals surface area contributed by atoms with Gasteiger partial charge in [0.1, 0.15) is 21.8 Å². The van der Waals surface area contributed by atoms with Crippen LogP contribution in [0.5, 0.6) is 0 Å². The average molecular weight is 185 g/mol. The molecule has 6 heteroatoms. The van der Waals surface area contributed by atoms with Crippen LogP contribution in [0.3, 0.4) is 0 Å². The number of nitrogens with one attached hydrogen (secondary N) is 1.